The predicted molar refractivity (Wildman–Crippen MR) is 127 cm³/mol. The molecule has 2 amide bonds. The molecule has 39 heavy (non-hydrogen) atoms. The van der Waals surface area contributed by atoms with Gasteiger partial charge in [-0.2, -0.15) is 13.2 Å². The smallest absolute Gasteiger partial charge is 0.393 e. The number of halogens is 7. The van der Waals surface area contributed by atoms with Gasteiger partial charge in [0.05, 0.1) is 29.0 Å². The number of carbonyl (C=O) groups is 2. The van der Waals surface area contributed by atoms with Crippen molar-refractivity contribution in [1.29, 1.82) is 0 Å². The molecule has 1 atom stereocenters. The number of hydrogen-bond acceptors (Lipinski definition) is 5. The van der Waals surface area contributed by atoms with E-state index in [9.17, 15) is 46.1 Å². The molecule has 0 radical (unpaired) electrons. The maximum absolute atomic E-state index is 14.9. The number of alkyl halides is 5. The molecule has 0 fully saturated rings. The first-order chi connectivity index (χ1) is 18.2. The molecular weight excluding hydrogens is 556 g/mol. The molecule has 1 aliphatic rings. The van der Waals surface area contributed by atoms with Gasteiger partial charge in [-0.1, -0.05) is 11.6 Å². The molecule has 3 N–H and O–H groups in total. The fourth-order valence-electron chi connectivity index (χ4n) is 4.15. The number of fused-ring (bicyclic) bond motifs is 1. The zero-order valence-electron chi connectivity index (χ0n) is 19.6. The van der Waals surface area contributed by atoms with Crippen LogP contribution >= 0.6 is 11.6 Å². The summed E-state index contributed by atoms with van der Waals surface area (Å²) >= 11 is 5.93. The van der Waals surface area contributed by atoms with E-state index in [2.05, 4.69) is 10.3 Å². The molecule has 3 aromatic rings. The Morgan fingerprint density at radius 1 is 1.10 bits per heavy atom. The Balaban J connectivity index is 1.62. The van der Waals surface area contributed by atoms with Gasteiger partial charge in [0.25, 0.3) is 17.7 Å². The van der Waals surface area contributed by atoms with Gasteiger partial charge in [-0.15, -0.1) is 0 Å². The van der Waals surface area contributed by atoms with E-state index in [-0.39, 0.29) is 22.1 Å². The number of benzene rings is 2. The summed E-state index contributed by atoms with van der Waals surface area (Å²) in [5, 5.41) is 22.4. The van der Waals surface area contributed by atoms with Crippen molar-refractivity contribution in [3.05, 3.63) is 87.8 Å². The first-order valence-electron chi connectivity index (χ1n) is 11.1. The van der Waals surface area contributed by atoms with Crippen LogP contribution in [0.5, 0.6) is 0 Å². The summed E-state index contributed by atoms with van der Waals surface area (Å²) in [6.07, 6.45) is -5.00. The highest BCUT2D eigenvalue weighted by atomic mass is 35.5. The SMILES string of the molecule is O=C(Nc1ccc(C(=O)N2CCC(F)(F)[C@](O)(CO)c3cc(Cl)ccc32)cn1)c1cc(F)ccc1C(F)(F)F. The van der Waals surface area contributed by atoms with E-state index in [0.717, 1.165) is 29.3 Å². The van der Waals surface area contributed by atoms with Gasteiger partial charge in [0.1, 0.15) is 11.6 Å². The number of aliphatic hydroxyl groups excluding tert-OH is 1. The standard InChI is InChI=1S/C25H18ClF6N3O4/c26-14-2-5-19-18(9-14)23(39,12-36)24(28,29)7-8-35(19)22(38)13-1-6-20(33-11-13)34-21(37)16-10-15(27)3-4-17(16)25(30,31)32/h1-6,9-11,36,39H,7-8,12H2,(H,33,34,37)/t23-/m0/s1. The number of aromatic nitrogens is 1. The average molecular weight is 574 g/mol. The molecule has 1 aliphatic heterocycles. The van der Waals surface area contributed by atoms with Crippen molar-refractivity contribution in [2.45, 2.75) is 24.1 Å². The van der Waals surface area contributed by atoms with Crippen LogP contribution in [0.15, 0.2) is 54.7 Å². The van der Waals surface area contributed by atoms with E-state index in [1.54, 1.807) is 0 Å². The maximum Gasteiger partial charge on any atom is 0.417 e. The Kier molecular flexibility index (Phi) is 7.36. The number of pyridine rings is 1. The van der Waals surface area contributed by atoms with Crippen molar-refractivity contribution in [1.82, 2.24) is 4.98 Å². The van der Waals surface area contributed by atoms with Crippen molar-refractivity contribution in [2.24, 2.45) is 0 Å². The highest BCUT2D eigenvalue weighted by Gasteiger charge is 2.56. The van der Waals surface area contributed by atoms with Gasteiger partial charge in [-0.05, 0) is 48.5 Å². The number of nitrogens with zero attached hydrogens (tertiary/aromatic N) is 2. The molecule has 2 aromatic carbocycles. The normalized spacial score (nSPS) is 18.7. The Morgan fingerprint density at radius 2 is 1.82 bits per heavy atom. The molecule has 0 aliphatic carbocycles. The third kappa shape index (κ3) is 5.29. The third-order valence-electron chi connectivity index (χ3n) is 6.21. The number of carbonyl (C=O) groups excluding carboxylic acids is 2. The molecule has 0 spiro atoms. The van der Waals surface area contributed by atoms with E-state index in [1.165, 1.54) is 12.1 Å². The summed E-state index contributed by atoms with van der Waals surface area (Å²) in [4.78, 5) is 30.5. The van der Waals surface area contributed by atoms with Crippen molar-refractivity contribution in [3.63, 3.8) is 0 Å². The van der Waals surface area contributed by atoms with Crippen LogP contribution in [0, 0.1) is 5.82 Å². The summed E-state index contributed by atoms with van der Waals surface area (Å²) in [6, 6.07) is 7.18. The van der Waals surface area contributed by atoms with Gasteiger partial charge >= 0.3 is 6.18 Å². The molecular formula is C25H18ClF6N3O4. The Morgan fingerprint density at radius 3 is 2.44 bits per heavy atom. The van der Waals surface area contributed by atoms with E-state index >= 15 is 0 Å². The quantitative estimate of drug-likeness (QED) is 0.381. The third-order valence-corrected chi connectivity index (χ3v) is 6.44. The zero-order chi connectivity index (χ0) is 28.8. The topological polar surface area (TPSA) is 103 Å². The van der Waals surface area contributed by atoms with Gasteiger partial charge < -0.3 is 20.4 Å². The highest BCUT2D eigenvalue weighted by Crippen LogP contribution is 2.47. The molecule has 0 unspecified atom stereocenters. The van der Waals surface area contributed by atoms with Crippen molar-refractivity contribution >= 4 is 34.9 Å². The second kappa shape index (κ2) is 10.1. The van der Waals surface area contributed by atoms with Gasteiger partial charge in [0.2, 0.25) is 0 Å². The predicted octanol–water partition coefficient (Wildman–Crippen LogP) is 5.01. The number of aliphatic hydroxyl groups is 2. The van der Waals surface area contributed by atoms with Gasteiger partial charge in [-0.3, -0.25) is 9.59 Å². The second-order valence-corrected chi connectivity index (χ2v) is 9.10. The average Bonchev–Trinajstić information content (AvgIpc) is 2.96. The number of nitrogens with one attached hydrogen (secondary N) is 1. The summed E-state index contributed by atoms with van der Waals surface area (Å²) < 4.78 is 83.0. The minimum absolute atomic E-state index is 0.0283. The first-order valence-corrected chi connectivity index (χ1v) is 11.5. The molecule has 0 bridgehead atoms. The molecule has 14 heteroatoms. The first kappa shape index (κ1) is 28.3. The molecule has 7 nitrogen and oxygen atoms in total. The summed E-state index contributed by atoms with van der Waals surface area (Å²) in [6.45, 7) is -1.92. The summed E-state index contributed by atoms with van der Waals surface area (Å²) in [5.41, 5.74) is -6.15. The van der Waals surface area contributed by atoms with E-state index in [0.29, 0.717) is 18.2 Å². The fourth-order valence-corrected chi connectivity index (χ4v) is 4.32. The summed E-state index contributed by atoms with van der Waals surface area (Å²) in [5.74, 6) is -7.34. The van der Waals surface area contributed by atoms with Crippen LogP contribution in [0.2, 0.25) is 5.02 Å². The fraction of sp³-hybridized carbons (Fsp3) is 0.240. The van der Waals surface area contributed by atoms with Crippen molar-refractivity contribution in [3.8, 4) is 0 Å². The summed E-state index contributed by atoms with van der Waals surface area (Å²) in [7, 11) is 0. The molecule has 206 valence electrons. The lowest BCUT2D eigenvalue weighted by molar-refractivity contribution is -0.205. The highest BCUT2D eigenvalue weighted by molar-refractivity contribution is 6.30. The molecule has 0 saturated carbocycles. The van der Waals surface area contributed by atoms with E-state index in [1.807, 2.05) is 0 Å². The van der Waals surface area contributed by atoms with E-state index < -0.39 is 71.6 Å². The number of anilines is 2. The minimum atomic E-state index is -4.93. The minimum Gasteiger partial charge on any atom is -0.393 e. The lowest BCUT2D eigenvalue weighted by atomic mass is 9.86. The van der Waals surface area contributed by atoms with Crippen LogP contribution in [0.1, 0.15) is 38.3 Å². The van der Waals surface area contributed by atoms with Crippen LogP contribution < -0.4 is 10.2 Å². The zero-order valence-corrected chi connectivity index (χ0v) is 20.3. The Labute approximate surface area is 221 Å². The van der Waals surface area contributed by atoms with Gasteiger partial charge in [-0.25, -0.2) is 18.2 Å². The van der Waals surface area contributed by atoms with Crippen LogP contribution in [0.25, 0.3) is 0 Å². The largest absolute Gasteiger partial charge is 0.417 e. The lowest BCUT2D eigenvalue weighted by Gasteiger charge is -2.33. The van der Waals surface area contributed by atoms with E-state index in [4.69, 9.17) is 11.6 Å². The molecule has 0 saturated heterocycles. The Bertz CT molecular complexity index is 1430. The van der Waals surface area contributed by atoms with Gasteiger partial charge in [0, 0.05) is 29.7 Å². The molecule has 1 aromatic heterocycles. The van der Waals surface area contributed by atoms with Crippen LogP contribution in [0.3, 0.4) is 0 Å². The van der Waals surface area contributed by atoms with Crippen molar-refractivity contribution < 1.29 is 46.1 Å². The maximum atomic E-state index is 14.9. The van der Waals surface area contributed by atoms with Crippen LogP contribution in [-0.2, 0) is 11.8 Å². The monoisotopic (exact) mass is 573 g/mol. The Hall–Kier alpha value is -3.68. The van der Waals surface area contributed by atoms with Crippen LogP contribution in [0.4, 0.5) is 37.8 Å². The second-order valence-electron chi connectivity index (χ2n) is 8.67. The number of amides is 2. The van der Waals surface area contributed by atoms with Crippen LogP contribution in [-0.4, -0.2) is 46.1 Å². The lowest BCUT2D eigenvalue weighted by Crippen LogP contribution is -2.48. The number of hydrogen-bond donors (Lipinski definition) is 3. The van der Waals surface area contributed by atoms with Crippen molar-refractivity contribution in [2.75, 3.05) is 23.4 Å². The molecule has 2 heterocycles. The van der Waals surface area contributed by atoms with Gasteiger partial charge in [0.15, 0.2) is 5.60 Å². The molecule has 4 rings (SSSR count). The number of rotatable bonds is 4.